The van der Waals surface area contributed by atoms with Crippen LogP contribution in [0.25, 0.3) is 10.9 Å². The molecule has 1 aliphatic rings. The summed E-state index contributed by atoms with van der Waals surface area (Å²) in [6.45, 7) is 8.48. The lowest BCUT2D eigenvalue weighted by Gasteiger charge is -2.33. The van der Waals surface area contributed by atoms with Crippen molar-refractivity contribution in [2.45, 2.75) is 52.1 Å². The number of hydrogen-bond donors (Lipinski definition) is 2. The molecular weight excluding hydrogens is 438 g/mol. The van der Waals surface area contributed by atoms with Gasteiger partial charge in [0.25, 0.3) is 0 Å². The molecule has 1 aromatic heterocycles. The van der Waals surface area contributed by atoms with E-state index in [1.54, 1.807) is 14.2 Å². The maximum atomic E-state index is 5.56. The third kappa shape index (κ3) is 6.75. The predicted octanol–water partition coefficient (Wildman–Crippen LogP) is 5.57. The van der Waals surface area contributed by atoms with E-state index in [0.29, 0.717) is 29.4 Å². The second-order valence-corrected chi connectivity index (χ2v) is 9.76. The van der Waals surface area contributed by atoms with Crippen LogP contribution < -0.4 is 20.1 Å². The highest BCUT2D eigenvalue weighted by molar-refractivity contribution is 5.92. The largest absolute Gasteiger partial charge is 0.493 e. The molecule has 0 bridgehead atoms. The van der Waals surface area contributed by atoms with E-state index in [9.17, 15) is 0 Å². The molecule has 0 saturated carbocycles. The second kappa shape index (κ2) is 12.1. The van der Waals surface area contributed by atoms with E-state index in [1.807, 2.05) is 12.1 Å². The van der Waals surface area contributed by atoms with Gasteiger partial charge in [-0.15, -0.1) is 0 Å². The number of fused-ring (bicyclic) bond motifs is 1. The third-order valence-electron chi connectivity index (χ3n) is 6.62. The lowest BCUT2D eigenvalue weighted by atomic mass is 10.0. The first kappa shape index (κ1) is 25.0. The highest BCUT2D eigenvalue weighted by Gasteiger charge is 2.21. The van der Waals surface area contributed by atoms with Crippen molar-refractivity contribution in [1.82, 2.24) is 14.9 Å². The van der Waals surface area contributed by atoms with Crippen LogP contribution in [0.5, 0.6) is 11.5 Å². The number of rotatable bonds is 11. The molecule has 35 heavy (non-hydrogen) atoms. The Morgan fingerprint density at radius 1 is 1.00 bits per heavy atom. The van der Waals surface area contributed by atoms with Crippen LogP contribution in [0.1, 0.15) is 45.1 Å². The summed E-state index contributed by atoms with van der Waals surface area (Å²) in [7, 11) is 3.31. The number of anilines is 2. The molecule has 0 spiro atoms. The minimum absolute atomic E-state index is 0.363. The van der Waals surface area contributed by atoms with Gasteiger partial charge in [0, 0.05) is 43.7 Å². The molecule has 0 unspecified atom stereocenters. The Kier molecular flexibility index (Phi) is 8.64. The van der Waals surface area contributed by atoms with Gasteiger partial charge in [-0.3, -0.25) is 4.90 Å². The molecule has 7 nitrogen and oxygen atoms in total. The van der Waals surface area contributed by atoms with Crippen molar-refractivity contribution in [2.75, 3.05) is 44.5 Å². The first-order chi connectivity index (χ1) is 17.1. The first-order valence-corrected chi connectivity index (χ1v) is 12.8. The molecule has 0 atom stereocenters. The van der Waals surface area contributed by atoms with Crippen molar-refractivity contribution in [1.29, 1.82) is 0 Å². The van der Waals surface area contributed by atoms with Crippen molar-refractivity contribution in [3.8, 4) is 11.5 Å². The number of aromatic nitrogens is 2. The lowest BCUT2D eigenvalue weighted by Crippen LogP contribution is -2.38. The molecule has 4 rings (SSSR count). The van der Waals surface area contributed by atoms with Gasteiger partial charge in [-0.25, -0.2) is 4.98 Å². The Morgan fingerprint density at radius 2 is 1.71 bits per heavy atom. The van der Waals surface area contributed by atoms with Crippen LogP contribution >= 0.6 is 0 Å². The van der Waals surface area contributed by atoms with Crippen LogP contribution in [-0.2, 0) is 6.54 Å². The lowest BCUT2D eigenvalue weighted by molar-refractivity contribution is 0.211. The molecule has 1 fully saturated rings. The van der Waals surface area contributed by atoms with Gasteiger partial charge in [-0.1, -0.05) is 44.2 Å². The van der Waals surface area contributed by atoms with Crippen LogP contribution in [0.15, 0.2) is 42.5 Å². The van der Waals surface area contributed by atoms with E-state index in [4.69, 9.17) is 19.4 Å². The summed E-state index contributed by atoms with van der Waals surface area (Å²) in [5, 5.41) is 8.11. The van der Waals surface area contributed by atoms with Gasteiger partial charge in [-0.05, 0) is 43.2 Å². The van der Waals surface area contributed by atoms with Crippen molar-refractivity contribution >= 4 is 22.7 Å². The number of benzene rings is 2. The molecule has 1 aliphatic heterocycles. The molecule has 2 aromatic carbocycles. The zero-order valence-electron chi connectivity index (χ0n) is 21.5. The molecule has 0 amide bonds. The van der Waals surface area contributed by atoms with Crippen LogP contribution in [0.3, 0.4) is 0 Å². The molecule has 188 valence electrons. The summed E-state index contributed by atoms with van der Waals surface area (Å²) in [5.74, 6) is 3.55. The summed E-state index contributed by atoms with van der Waals surface area (Å²) < 4.78 is 11.1. The summed E-state index contributed by atoms with van der Waals surface area (Å²) in [6.07, 6.45) is 4.41. The van der Waals surface area contributed by atoms with E-state index in [-0.39, 0.29) is 0 Å². The van der Waals surface area contributed by atoms with Crippen LogP contribution in [-0.4, -0.2) is 54.8 Å². The Bertz CT molecular complexity index is 1080. The van der Waals surface area contributed by atoms with Gasteiger partial charge in [-0.2, -0.15) is 4.98 Å². The minimum Gasteiger partial charge on any atom is -0.493 e. The van der Waals surface area contributed by atoms with Gasteiger partial charge in [0.2, 0.25) is 5.95 Å². The number of likely N-dealkylation sites (tertiary alicyclic amines) is 1. The average molecular weight is 478 g/mol. The minimum atomic E-state index is 0.363. The Balaban J connectivity index is 1.49. The number of piperidine rings is 1. The van der Waals surface area contributed by atoms with Gasteiger partial charge in [0.1, 0.15) is 5.82 Å². The Morgan fingerprint density at radius 3 is 2.40 bits per heavy atom. The molecule has 3 aromatic rings. The third-order valence-corrected chi connectivity index (χ3v) is 6.62. The number of nitrogens with one attached hydrogen (secondary N) is 2. The monoisotopic (exact) mass is 477 g/mol. The van der Waals surface area contributed by atoms with E-state index >= 15 is 0 Å². The topological polar surface area (TPSA) is 71.5 Å². The zero-order chi connectivity index (χ0) is 24.6. The fraction of sp³-hybridized carbons (Fsp3) is 0.500. The predicted molar refractivity (Wildman–Crippen MR) is 144 cm³/mol. The average Bonchev–Trinajstić information content (AvgIpc) is 2.87. The number of ether oxygens (including phenoxy) is 2. The van der Waals surface area contributed by atoms with Gasteiger partial charge < -0.3 is 20.1 Å². The summed E-state index contributed by atoms with van der Waals surface area (Å²) >= 11 is 0. The van der Waals surface area contributed by atoms with E-state index in [1.165, 1.54) is 12.0 Å². The van der Waals surface area contributed by atoms with Gasteiger partial charge in [0.15, 0.2) is 11.5 Å². The fourth-order valence-corrected chi connectivity index (χ4v) is 4.63. The SMILES string of the molecule is COc1cc2nc(NCCCC(C)C)nc(NC3CCN(Cc4ccccc4)CC3)c2cc1OC. The standard InChI is InChI=1S/C28H39N5O2/c1-20(2)9-8-14-29-28-31-24-18-26(35-4)25(34-3)17-23(24)27(32-28)30-22-12-15-33(16-13-22)19-21-10-6-5-7-11-21/h5-7,10-11,17-18,20,22H,8-9,12-16,19H2,1-4H3,(H2,29,30,31,32). The molecular formula is C28H39N5O2. The van der Waals surface area contributed by atoms with E-state index in [2.05, 4.69) is 59.7 Å². The molecule has 2 heterocycles. The van der Waals surface area contributed by atoms with Crippen LogP contribution in [0.4, 0.5) is 11.8 Å². The zero-order valence-corrected chi connectivity index (χ0v) is 21.5. The van der Waals surface area contributed by atoms with E-state index < -0.39 is 0 Å². The quantitative estimate of drug-likeness (QED) is 0.350. The van der Waals surface area contributed by atoms with Crippen LogP contribution in [0, 0.1) is 5.92 Å². The van der Waals surface area contributed by atoms with Gasteiger partial charge in [0.05, 0.1) is 19.7 Å². The molecule has 1 saturated heterocycles. The summed E-state index contributed by atoms with van der Waals surface area (Å²) in [4.78, 5) is 12.2. The Hall–Kier alpha value is -3.06. The second-order valence-electron chi connectivity index (χ2n) is 9.76. The number of hydrogen-bond acceptors (Lipinski definition) is 7. The number of methoxy groups -OCH3 is 2. The van der Waals surface area contributed by atoms with Crippen LogP contribution in [0.2, 0.25) is 0 Å². The number of nitrogens with zero attached hydrogens (tertiary/aromatic N) is 3. The molecule has 0 radical (unpaired) electrons. The molecule has 7 heteroatoms. The highest BCUT2D eigenvalue weighted by Crippen LogP contribution is 2.35. The fourth-order valence-electron chi connectivity index (χ4n) is 4.63. The normalized spacial score (nSPS) is 14.9. The highest BCUT2D eigenvalue weighted by atomic mass is 16.5. The smallest absolute Gasteiger partial charge is 0.225 e. The van der Waals surface area contributed by atoms with Gasteiger partial charge >= 0.3 is 0 Å². The van der Waals surface area contributed by atoms with E-state index in [0.717, 1.165) is 62.2 Å². The maximum absolute atomic E-state index is 5.56. The summed E-state index contributed by atoms with van der Waals surface area (Å²) in [6, 6.07) is 15.0. The maximum Gasteiger partial charge on any atom is 0.225 e. The molecule has 2 N–H and O–H groups in total. The first-order valence-electron chi connectivity index (χ1n) is 12.8. The van der Waals surface area contributed by atoms with Crippen molar-refractivity contribution < 1.29 is 9.47 Å². The summed E-state index contributed by atoms with van der Waals surface area (Å²) in [5.41, 5.74) is 2.21. The van der Waals surface area contributed by atoms with Crippen molar-refractivity contribution in [3.63, 3.8) is 0 Å². The van der Waals surface area contributed by atoms with Crippen molar-refractivity contribution in [3.05, 3.63) is 48.0 Å². The Labute approximate surface area is 209 Å². The molecule has 0 aliphatic carbocycles. The van der Waals surface area contributed by atoms with Crippen molar-refractivity contribution in [2.24, 2.45) is 5.92 Å².